The van der Waals surface area contributed by atoms with Crippen molar-refractivity contribution in [3.8, 4) is 0 Å². The Morgan fingerprint density at radius 3 is 2.47 bits per heavy atom. The summed E-state index contributed by atoms with van der Waals surface area (Å²) >= 11 is 0. The first-order valence-electron chi connectivity index (χ1n) is 8.05. The minimum absolute atomic E-state index is 0.429. The molecule has 3 nitrogen and oxygen atoms in total. The number of hydrogen-bond acceptors (Lipinski definition) is 3. The van der Waals surface area contributed by atoms with Gasteiger partial charge in [-0.3, -0.25) is 0 Å². The summed E-state index contributed by atoms with van der Waals surface area (Å²) in [4.78, 5) is 2.67. The first-order valence-corrected chi connectivity index (χ1v) is 8.05. The number of ether oxygens (including phenoxy) is 1. The second-order valence-electron chi connectivity index (χ2n) is 6.52. The van der Waals surface area contributed by atoms with Crippen molar-refractivity contribution in [1.82, 2.24) is 10.2 Å². The molecule has 0 aromatic carbocycles. The van der Waals surface area contributed by atoms with E-state index < -0.39 is 0 Å². The van der Waals surface area contributed by atoms with Crippen molar-refractivity contribution in [2.75, 3.05) is 46.4 Å². The molecule has 114 valence electrons. The smallest absolute Gasteiger partial charge is 0.0491 e. The van der Waals surface area contributed by atoms with Crippen molar-refractivity contribution in [1.29, 1.82) is 0 Å². The van der Waals surface area contributed by atoms with Crippen LogP contribution >= 0.6 is 0 Å². The van der Waals surface area contributed by atoms with Crippen LogP contribution in [0.15, 0.2) is 0 Å². The van der Waals surface area contributed by atoms with E-state index in [-0.39, 0.29) is 0 Å². The van der Waals surface area contributed by atoms with E-state index in [1.165, 1.54) is 45.3 Å². The zero-order valence-electron chi connectivity index (χ0n) is 13.5. The maximum atomic E-state index is 5.28. The van der Waals surface area contributed by atoms with Crippen LogP contribution in [-0.4, -0.2) is 51.3 Å². The molecule has 1 saturated heterocycles. The molecule has 0 amide bonds. The number of piperidine rings is 1. The van der Waals surface area contributed by atoms with Gasteiger partial charge >= 0.3 is 0 Å². The van der Waals surface area contributed by atoms with Crippen molar-refractivity contribution >= 4 is 0 Å². The molecule has 1 rings (SSSR count). The molecule has 1 aliphatic heterocycles. The van der Waals surface area contributed by atoms with E-state index in [1.54, 1.807) is 0 Å². The third-order valence-electron chi connectivity index (χ3n) is 4.37. The lowest BCUT2D eigenvalue weighted by molar-refractivity contribution is 0.0744. The molecule has 1 unspecified atom stereocenters. The van der Waals surface area contributed by atoms with E-state index in [2.05, 4.69) is 31.0 Å². The second-order valence-corrected chi connectivity index (χ2v) is 6.52. The number of hydrogen-bond donors (Lipinski definition) is 1. The Kier molecular flexibility index (Phi) is 7.96. The molecular weight excluding hydrogens is 236 g/mol. The average molecular weight is 270 g/mol. The molecular formula is C16H34N2O. The summed E-state index contributed by atoms with van der Waals surface area (Å²) in [7, 11) is 1.82. The Bertz CT molecular complexity index is 227. The van der Waals surface area contributed by atoms with Crippen LogP contribution in [0.4, 0.5) is 0 Å². The fourth-order valence-electron chi connectivity index (χ4n) is 3.34. The minimum Gasteiger partial charge on any atom is -0.384 e. The SMILES string of the molecule is CCCC(C)(CNCC)CN1CCC(COC)CC1. The first-order chi connectivity index (χ1) is 9.13. The lowest BCUT2D eigenvalue weighted by Gasteiger charge is -2.39. The maximum absolute atomic E-state index is 5.28. The van der Waals surface area contributed by atoms with Crippen LogP contribution in [0.5, 0.6) is 0 Å². The maximum Gasteiger partial charge on any atom is 0.0491 e. The Hall–Kier alpha value is -0.120. The molecule has 1 fully saturated rings. The highest BCUT2D eigenvalue weighted by molar-refractivity contribution is 4.83. The summed E-state index contributed by atoms with van der Waals surface area (Å²) < 4.78 is 5.28. The second kappa shape index (κ2) is 8.93. The molecule has 1 aliphatic rings. The molecule has 1 heterocycles. The molecule has 0 bridgehead atoms. The zero-order valence-corrected chi connectivity index (χ0v) is 13.5. The van der Waals surface area contributed by atoms with Crippen LogP contribution in [0.2, 0.25) is 0 Å². The Morgan fingerprint density at radius 2 is 1.95 bits per heavy atom. The van der Waals surface area contributed by atoms with Crippen molar-refractivity contribution in [3.63, 3.8) is 0 Å². The van der Waals surface area contributed by atoms with Crippen molar-refractivity contribution in [3.05, 3.63) is 0 Å². The number of nitrogens with one attached hydrogen (secondary N) is 1. The molecule has 0 spiro atoms. The largest absolute Gasteiger partial charge is 0.384 e. The summed E-state index contributed by atoms with van der Waals surface area (Å²) in [5.41, 5.74) is 0.429. The van der Waals surface area contributed by atoms with Crippen molar-refractivity contribution in [2.24, 2.45) is 11.3 Å². The van der Waals surface area contributed by atoms with Gasteiger partial charge in [0.15, 0.2) is 0 Å². The summed E-state index contributed by atoms with van der Waals surface area (Å²) in [6.07, 6.45) is 5.20. The van der Waals surface area contributed by atoms with E-state index >= 15 is 0 Å². The topological polar surface area (TPSA) is 24.5 Å². The summed E-state index contributed by atoms with van der Waals surface area (Å²) in [6, 6.07) is 0. The van der Waals surface area contributed by atoms with Gasteiger partial charge < -0.3 is 15.0 Å². The Labute approximate surface area is 120 Å². The standard InChI is InChI=1S/C16H34N2O/c1-5-9-16(3,13-17-6-2)14-18-10-7-15(8-11-18)12-19-4/h15,17H,5-14H2,1-4H3. The van der Waals surface area contributed by atoms with Gasteiger partial charge in [0, 0.05) is 26.8 Å². The number of nitrogens with zero attached hydrogens (tertiary/aromatic N) is 1. The molecule has 0 aliphatic carbocycles. The predicted octanol–water partition coefficient (Wildman–Crippen LogP) is 2.76. The van der Waals surface area contributed by atoms with Crippen LogP contribution in [0.3, 0.4) is 0 Å². The summed E-state index contributed by atoms with van der Waals surface area (Å²) in [6.45, 7) is 13.9. The van der Waals surface area contributed by atoms with Gasteiger partial charge in [-0.05, 0) is 50.2 Å². The quantitative estimate of drug-likeness (QED) is 0.697. The third kappa shape index (κ3) is 6.24. The van der Waals surface area contributed by atoms with E-state index in [4.69, 9.17) is 4.74 Å². The molecule has 1 N–H and O–H groups in total. The third-order valence-corrected chi connectivity index (χ3v) is 4.37. The molecule has 0 aromatic rings. The lowest BCUT2D eigenvalue weighted by Crippen LogP contribution is -2.45. The van der Waals surface area contributed by atoms with Crippen molar-refractivity contribution < 1.29 is 4.74 Å². The van der Waals surface area contributed by atoms with Gasteiger partial charge in [0.2, 0.25) is 0 Å². The molecule has 0 aromatic heterocycles. The number of likely N-dealkylation sites (tertiary alicyclic amines) is 1. The highest BCUT2D eigenvalue weighted by Gasteiger charge is 2.28. The van der Waals surface area contributed by atoms with E-state index in [1.807, 2.05) is 7.11 Å². The number of rotatable bonds is 9. The number of methoxy groups -OCH3 is 1. The zero-order chi connectivity index (χ0) is 14.1. The van der Waals surface area contributed by atoms with Gasteiger partial charge in [0.1, 0.15) is 0 Å². The molecule has 19 heavy (non-hydrogen) atoms. The van der Waals surface area contributed by atoms with E-state index in [0.717, 1.165) is 25.6 Å². The van der Waals surface area contributed by atoms with Crippen LogP contribution in [0.1, 0.15) is 46.5 Å². The van der Waals surface area contributed by atoms with Crippen LogP contribution < -0.4 is 5.32 Å². The van der Waals surface area contributed by atoms with Crippen molar-refractivity contribution in [2.45, 2.75) is 46.5 Å². The van der Waals surface area contributed by atoms with Gasteiger partial charge in [-0.15, -0.1) is 0 Å². The van der Waals surface area contributed by atoms with Crippen LogP contribution in [-0.2, 0) is 4.74 Å². The summed E-state index contributed by atoms with van der Waals surface area (Å²) in [5.74, 6) is 0.785. The Morgan fingerprint density at radius 1 is 1.26 bits per heavy atom. The van der Waals surface area contributed by atoms with Gasteiger partial charge in [0.25, 0.3) is 0 Å². The van der Waals surface area contributed by atoms with Crippen LogP contribution in [0.25, 0.3) is 0 Å². The van der Waals surface area contributed by atoms with E-state index in [0.29, 0.717) is 5.41 Å². The summed E-state index contributed by atoms with van der Waals surface area (Å²) in [5, 5.41) is 3.55. The molecule has 3 heteroatoms. The van der Waals surface area contributed by atoms with Gasteiger partial charge in [-0.25, -0.2) is 0 Å². The minimum atomic E-state index is 0.429. The molecule has 0 radical (unpaired) electrons. The highest BCUT2D eigenvalue weighted by Crippen LogP contribution is 2.27. The predicted molar refractivity (Wildman–Crippen MR) is 82.6 cm³/mol. The fraction of sp³-hybridized carbons (Fsp3) is 1.00. The normalized spacial score (nSPS) is 21.5. The molecule has 0 saturated carbocycles. The fourth-order valence-corrected chi connectivity index (χ4v) is 3.34. The highest BCUT2D eigenvalue weighted by atomic mass is 16.5. The van der Waals surface area contributed by atoms with Gasteiger partial charge in [-0.1, -0.05) is 27.2 Å². The van der Waals surface area contributed by atoms with Gasteiger partial charge in [-0.2, -0.15) is 0 Å². The average Bonchev–Trinajstić information content (AvgIpc) is 2.39. The Balaban J connectivity index is 2.38. The monoisotopic (exact) mass is 270 g/mol. The molecule has 1 atom stereocenters. The van der Waals surface area contributed by atoms with E-state index in [9.17, 15) is 0 Å². The van der Waals surface area contributed by atoms with Crippen LogP contribution in [0, 0.1) is 11.3 Å². The lowest BCUT2D eigenvalue weighted by atomic mass is 9.83. The first kappa shape index (κ1) is 16.9. The van der Waals surface area contributed by atoms with Gasteiger partial charge in [0.05, 0.1) is 0 Å².